The summed E-state index contributed by atoms with van der Waals surface area (Å²) in [6.45, 7) is -0.724. The van der Waals surface area contributed by atoms with E-state index in [1.165, 1.54) is 27.2 Å². The molecule has 258 valence electrons. The van der Waals surface area contributed by atoms with Crippen molar-refractivity contribution in [1.29, 1.82) is 0 Å². The highest BCUT2D eigenvalue weighted by molar-refractivity contribution is 7.14. The number of rotatable bonds is 7. The Kier molecular flexibility index (Phi) is 8.41. The van der Waals surface area contributed by atoms with Crippen LogP contribution in [0.4, 0.5) is 17.2 Å². The number of hydrogen-bond donors (Lipinski definition) is 0. The zero-order valence-corrected chi connectivity index (χ0v) is 30.3. The topological polar surface area (TPSA) is 27.5 Å². The van der Waals surface area contributed by atoms with Crippen molar-refractivity contribution >= 4 is 76.3 Å². The lowest BCUT2D eigenvalue weighted by Crippen LogP contribution is -2.86. The molecular formula is C47H36B3N5. The summed E-state index contributed by atoms with van der Waals surface area (Å²) in [7, 11) is 0. The average molecular weight is 703 g/mol. The molecule has 8 heteroatoms. The molecule has 9 aromatic rings. The minimum atomic E-state index is -0.264. The Balaban J connectivity index is 1.30. The molecule has 0 N–H and O–H groups in total. The number of hydrogen-bond acceptors (Lipinski definition) is 4. The smallest absolute Gasteiger partial charge is 0.390 e. The lowest BCUT2D eigenvalue weighted by atomic mass is 9.37. The quantitative estimate of drug-likeness (QED) is 0.157. The van der Waals surface area contributed by atoms with E-state index in [0.717, 1.165) is 34.0 Å². The number of pyridine rings is 1. The predicted molar refractivity (Wildman–Crippen MR) is 234 cm³/mol. The number of nitrogens with zero attached hydrogens (tertiary/aromatic N) is 5. The van der Waals surface area contributed by atoms with Gasteiger partial charge < -0.3 is 14.2 Å². The molecule has 0 saturated carbocycles. The monoisotopic (exact) mass is 703 g/mol. The van der Waals surface area contributed by atoms with Crippen LogP contribution in [0.15, 0.2) is 218 Å². The summed E-state index contributed by atoms with van der Waals surface area (Å²) in [6, 6.07) is 78.2. The van der Waals surface area contributed by atoms with E-state index in [2.05, 4.69) is 237 Å². The SMILES string of the molecule is c1ccc(B2N(c3ccccc3)B(c3ccccc3)N(c3cccc(-n4c5ccccc5c5ccccc54)n3)B(c3ccccc3)N2c2ccccc2)cc1. The normalized spacial score (nSPS) is 13.2. The van der Waals surface area contributed by atoms with Gasteiger partial charge in [-0.15, -0.1) is 0 Å². The molecule has 0 bridgehead atoms. The second-order valence-corrected chi connectivity index (χ2v) is 14.0. The maximum Gasteiger partial charge on any atom is 0.390 e. The van der Waals surface area contributed by atoms with E-state index in [0.29, 0.717) is 0 Å². The summed E-state index contributed by atoms with van der Waals surface area (Å²) in [4.78, 5) is 5.68. The van der Waals surface area contributed by atoms with Gasteiger partial charge in [0.2, 0.25) is 0 Å². The first kappa shape index (κ1) is 32.7. The standard InChI is InChI=1S/C47H36B3N5/c1-6-21-37(22-7-1)48-53(40-27-12-4-13-28-40)49(38-23-8-2-9-24-38)55(50(39-25-10-3-11-26-39)54(48)41-29-14-5-15-30-41)47-36-20-35-46(51-47)52-44-33-18-16-31-42(44)43-32-17-19-34-45(43)52/h1-36H. The van der Waals surface area contributed by atoms with Gasteiger partial charge >= 0.3 is 20.9 Å². The minimum absolute atomic E-state index is 0.196. The van der Waals surface area contributed by atoms with Crippen molar-refractivity contribution in [2.45, 2.75) is 0 Å². The number of benzene rings is 7. The van der Waals surface area contributed by atoms with Crippen molar-refractivity contribution in [2.24, 2.45) is 0 Å². The van der Waals surface area contributed by atoms with E-state index >= 15 is 0 Å². The predicted octanol–water partition coefficient (Wildman–Crippen LogP) is 8.20. The van der Waals surface area contributed by atoms with E-state index in [1.54, 1.807) is 0 Å². The highest BCUT2D eigenvalue weighted by Crippen LogP contribution is 2.35. The highest BCUT2D eigenvalue weighted by atomic mass is 15.3. The van der Waals surface area contributed by atoms with Crippen molar-refractivity contribution in [3.8, 4) is 5.82 Å². The Hall–Kier alpha value is -6.92. The highest BCUT2D eigenvalue weighted by Gasteiger charge is 2.56. The minimum Gasteiger partial charge on any atom is -0.416 e. The van der Waals surface area contributed by atoms with Crippen LogP contribution in [-0.4, -0.2) is 30.5 Å². The first-order valence-electron chi connectivity index (χ1n) is 18.9. The molecule has 10 rings (SSSR count). The maximum absolute atomic E-state index is 5.68. The molecule has 1 saturated heterocycles. The Morgan fingerprint density at radius 3 is 1.07 bits per heavy atom. The second kappa shape index (κ2) is 14.1. The number of aromatic nitrogens is 2. The van der Waals surface area contributed by atoms with Crippen LogP contribution in [0.1, 0.15) is 0 Å². The summed E-state index contributed by atoms with van der Waals surface area (Å²) in [6.07, 6.45) is 0. The molecule has 0 spiro atoms. The van der Waals surface area contributed by atoms with Crippen LogP contribution in [0.2, 0.25) is 0 Å². The number of fused-ring (bicyclic) bond motifs is 3. The Bertz CT molecular complexity index is 2550. The lowest BCUT2D eigenvalue weighted by molar-refractivity contribution is 1.07. The summed E-state index contributed by atoms with van der Waals surface area (Å²) < 4.78 is 9.99. The van der Waals surface area contributed by atoms with Crippen molar-refractivity contribution in [3.63, 3.8) is 0 Å². The van der Waals surface area contributed by atoms with E-state index in [-0.39, 0.29) is 20.9 Å². The molecule has 5 nitrogen and oxygen atoms in total. The average Bonchev–Trinajstić information content (AvgIpc) is 3.61. The molecular weight excluding hydrogens is 667 g/mol. The fourth-order valence-corrected chi connectivity index (χ4v) is 8.51. The van der Waals surface area contributed by atoms with Crippen LogP contribution in [0.25, 0.3) is 27.6 Å². The Labute approximate surface area is 323 Å². The van der Waals surface area contributed by atoms with Crippen LogP contribution in [0.3, 0.4) is 0 Å². The molecule has 0 amide bonds. The van der Waals surface area contributed by atoms with Gasteiger partial charge in [-0.1, -0.05) is 170 Å². The van der Waals surface area contributed by atoms with Crippen LogP contribution >= 0.6 is 0 Å². The molecule has 55 heavy (non-hydrogen) atoms. The summed E-state index contributed by atoms with van der Waals surface area (Å²) in [5.74, 6) is 1.74. The summed E-state index contributed by atoms with van der Waals surface area (Å²) >= 11 is 0. The van der Waals surface area contributed by atoms with Gasteiger partial charge in [-0.25, -0.2) is 4.98 Å². The van der Waals surface area contributed by atoms with Crippen LogP contribution in [0, 0.1) is 0 Å². The van der Waals surface area contributed by atoms with Crippen LogP contribution in [0.5, 0.6) is 0 Å². The lowest BCUT2D eigenvalue weighted by Gasteiger charge is -2.56. The Morgan fingerprint density at radius 1 is 0.291 bits per heavy atom. The third-order valence-electron chi connectivity index (χ3n) is 10.8. The van der Waals surface area contributed by atoms with Gasteiger partial charge in [-0.2, -0.15) is 0 Å². The largest absolute Gasteiger partial charge is 0.416 e. The maximum atomic E-state index is 5.68. The summed E-state index contributed by atoms with van der Waals surface area (Å²) in [5.41, 5.74) is 8.03. The molecule has 1 aliphatic rings. The number of anilines is 3. The van der Waals surface area contributed by atoms with Crippen molar-refractivity contribution in [1.82, 2.24) is 9.55 Å². The van der Waals surface area contributed by atoms with E-state index < -0.39 is 0 Å². The molecule has 7 aromatic carbocycles. The fourth-order valence-electron chi connectivity index (χ4n) is 8.51. The van der Waals surface area contributed by atoms with Crippen molar-refractivity contribution in [3.05, 3.63) is 218 Å². The van der Waals surface area contributed by atoms with Crippen LogP contribution in [-0.2, 0) is 0 Å². The van der Waals surface area contributed by atoms with Crippen molar-refractivity contribution in [2.75, 3.05) is 14.2 Å². The van der Waals surface area contributed by atoms with E-state index in [9.17, 15) is 0 Å². The van der Waals surface area contributed by atoms with E-state index in [1.807, 2.05) is 0 Å². The third kappa shape index (κ3) is 5.74. The van der Waals surface area contributed by atoms with E-state index in [4.69, 9.17) is 4.98 Å². The number of para-hydroxylation sites is 4. The molecule has 3 heterocycles. The van der Waals surface area contributed by atoms with Crippen LogP contribution < -0.4 is 30.6 Å². The second-order valence-electron chi connectivity index (χ2n) is 14.0. The third-order valence-corrected chi connectivity index (χ3v) is 10.8. The fraction of sp³-hybridized carbons (Fsp3) is 0. The molecule has 2 aromatic heterocycles. The molecule has 0 atom stereocenters. The zero-order chi connectivity index (χ0) is 36.6. The van der Waals surface area contributed by atoms with Gasteiger partial charge in [0.25, 0.3) is 0 Å². The first-order valence-corrected chi connectivity index (χ1v) is 18.9. The molecule has 0 unspecified atom stereocenters. The van der Waals surface area contributed by atoms with Gasteiger partial charge in [0, 0.05) is 22.1 Å². The molecule has 1 aliphatic heterocycles. The summed E-state index contributed by atoms with van der Waals surface area (Å²) in [5, 5.41) is 2.42. The van der Waals surface area contributed by atoms with Gasteiger partial charge in [-0.3, -0.25) is 4.57 Å². The van der Waals surface area contributed by atoms with Gasteiger partial charge in [0.15, 0.2) is 0 Å². The first-order chi connectivity index (χ1) is 27.3. The van der Waals surface area contributed by atoms with Gasteiger partial charge in [0.05, 0.1) is 11.0 Å². The van der Waals surface area contributed by atoms with Gasteiger partial charge in [0.1, 0.15) is 11.6 Å². The molecule has 0 aliphatic carbocycles. The Morgan fingerprint density at radius 2 is 0.636 bits per heavy atom. The molecule has 0 radical (unpaired) electrons. The molecule has 1 fully saturated rings. The van der Waals surface area contributed by atoms with Gasteiger partial charge in [-0.05, 0) is 64.9 Å². The van der Waals surface area contributed by atoms with Crippen molar-refractivity contribution < 1.29 is 0 Å². The zero-order valence-electron chi connectivity index (χ0n) is 30.3.